The number of pyridine rings is 1. The summed E-state index contributed by atoms with van der Waals surface area (Å²) in [7, 11) is 0. The molecule has 2 aromatic heterocycles. The first-order valence-corrected chi connectivity index (χ1v) is 10.9. The molecule has 1 amide bonds. The van der Waals surface area contributed by atoms with Crippen molar-refractivity contribution in [2.24, 2.45) is 10.7 Å². The van der Waals surface area contributed by atoms with E-state index >= 15 is 0 Å². The highest BCUT2D eigenvalue weighted by Gasteiger charge is 2.41. The smallest absolute Gasteiger partial charge is 0.232 e. The maximum Gasteiger partial charge on any atom is 0.232 e. The first kappa shape index (κ1) is 20.7. The van der Waals surface area contributed by atoms with Gasteiger partial charge in [-0.1, -0.05) is 23.7 Å². The third-order valence-electron chi connectivity index (χ3n) is 6.06. The Bertz CT molecular complexity index is 1200. The summed E-state index contributed by atoms with van der Waals surface area (Å²) in [6.07, 6.45) is 5.04. The highest BCUT2D eigenvalue weighted by molar-refractivity contribution is 6.34. The topological polar surface area (TPSA) is 110 Å². The number of rotatable bonds is 4. The molecule has 10 heteroatoms. The molecule has 3 aromatic rings. The van der Waals surface area contributed by atoms with Gasteiger partial charge < -0.3 is 15.8 Å². The second-order valence-electron chi connectivity index (χ2n) is 8.30. The summed E-state index contributed by atoms with van der Waals surface area (Å²) in [5.74, 6) is 0.194. The number of aromatic nitrogens is 3. The van der Waals surface area contributed by atoms with Crippen LogP contribution < -0.4 is 11.1 Å². The minimum Gasteiger partial charge on any atom is -0.381 e. The van der Waals surface area contributed by atoms with Gasteiger partial charge >= 0.3 is 0 Å². The lowest BCUT2D eigenvalue weighted by molar-refractivity contribution is -0.132. The molecule has 0 unspecified atom stereocenters. The van der Waals surface area contributed by atoms with Crippen LogP contribution in [-0.2, 0) is 15.1 Å². The molecule has 5 rings (SSSR count). The van der Waals surface area contributed by atoms with E-state index in [-0.39, 0.29) is 24.3 Å². The summed E-state index contributed by atoms with van der Waals surface area (Å²) in [5, 5.41) is 7.98. The van der Waals surface area contributed by atoms with Crippen molar-refractivity contribution in [3.8, 4) is 0 Å². The molecule has 1 saturated heterocycles. The Morgan fingerprint density at radius 3 is 2.84 bits per heavy atom. The number of anilines is 2. The van der Waals surface area contributed by atoms with Crippen molar-refractivity contribution in [3.63, 3.8) is 0 Å². The van der Waals surface area contributed by atoms with Crippen molar-refractivity contribution < 1.29 is 9.53 Å². The number of fused-ring (bicyclic) bond motifs is 1. The van der Waals surface area contributed by atoms with Crippen LogP contribution in [0.25, 0.3) is 5.65 Å². The number of guanidine groups is 1. The summed E-state index contributed by atoms with van der Waals surface area (Å²) < 4.78 is 7.09. The van der Waals surface area contributed by atoms with E-state index in [9.17, 15) is 4.79 Å². The Hall–Kier alpha value is -3.17. The number of ether oxygens (including phenoxy) is 1. The van der Waals surface area contributed by atoms with Gasteiger partial charge in [-0.2, -0.15) is 5.10 Å². The van der Waals surface area contributed by atoms with Gasteiger partial charge in [0.1, 0.15) is 6.33 Å². The highest BCUT2D eigenvalue weighted by Crippen LogP contribution is 2.41. The first-order chi connectivity index (χ1) is 15.4. The maximum absolute atomic E-state index is 13.1. The lowest BCUT2D eigenvalue weighted by atomic mass is 9.86. The average Bonchev–Trinajstić information content (AvgIpc) is 3.23. The molecule has 166 valence electrons. The van der Waals surface area contributed by atoms with Crippen LogP contribution in [0.3, 0.4) is 0 Å². The van der Waals surface area contributed by atoms with Crippen LogP contribution in [0.5, 0.6) is 0 Å². The summed E-state index contributed by atoms with van der Waals surface area (Å²) in [4.78, 5) is 23.7. The third kappa shape index (κ3) is 3.67. The Balaban J connectivity index is 1.45. The van der Waals surface area contributed by atoms with E-state index in [1.54, 1.807) is 9.42 Å². The number of carbonyl (C=O) groups excluding carboxylic acids is 1. The molecular weight excluding hydrogens is 430 g/mol. The number of amides is 1. The minimum atomic E-state index is -0.854. The van der Waals surface area contributed by atoms with Gasteiger partial charge in [-0.25, -0.2) is 14.5 Å². The zero-order chi connectivity index (χ0) is 22.3. The molecule has 0 aliphatic carbocycles. The molecule has 32 heavy (non-hydrogen) atoms. The number of halogens is 1. The Morgan fingerprint density at radius 1 is 1.25 bits per heavy atom. The predicted octanol–water partition coefficient (Wildman–Crippen LogP) is 3.07. The molecule has 3 N–H and O–H groups in total. The molecule has 2 aliphatic heterocycles. The van der Waals surface area contributed by atoms with Crippen molar-refractivity contribution in [2.75, 3.05) is 18.5 Å². The van der Waals surface area contributed by atoms with Crippen LogP contribution in [0.1, 0.15) is 31.7 Å². The van der Waals surface area contributed by atoms with Crippen molar-refractivity contribution in [3.05, 3.63) is 53.4 Å². The van der Waals surface area contributed by atoms with Gasteiger partial charge in [0.15, 0.2) is 11.6 Å². The Labute approximate surface area is 190 Å². The van der Waals surface area contributed by atoms with Gasteiger partial charge in [-0.3, -0.25) is 9.69 Å². The van der Waals surface area contributed by atoms with E-state index in [2.05, 4.69) is 15.4 Å². The summed E-state index contributed by atoms with van der Waals surface area (Å²) in [5.41, 5.74) is 8.46. The van der Waals surface area contributed by atoms with E-state index in [4.69, 9.17) is 27.1 Å². The van der Waals surface area contributed by atoms with Gasteiger partial charge in [0, 0.05) is 24.8 Å². The van der Waals surface area contributed by atoms with Crippen molar-refractivity contribution in [1.29, 1.82) is 0 Å². The van der Waals surface area contributed by atoms with E-state index in [0.717, 1.165) is 29.7 Å². The molecule has 9 nitrogen and oxygen atoms in total. The Morgan fingerprint density at radius 2 is 2.06 bits per heavy atom. The third-order valence-corrected chi connectivity index (χ3v) is 6.47. The number of hydrogen-bond donors (Lipinski definition) is 2. The molecule has 1 aromatic carbocycles. The molecule has 0 spiro atoms. The zero-order valence-electron chi connectivity index (χ0n) is 17.7. The zero-order valence-corrected chi connectivity index (χ0v) is 18.4. The number of nitrogens with two attached hydrogens (primary N) is 1. The predicted molar refractivity (Wildman–Crippen MR) is 122 cm³/mol. The van der Waals surface area contributed by atoms with Gasteiger partial charge in [0.05, 0.1) is 34.6 Å². The monoisotopic (exact) mass is 453 g/mol. The molecule has 0 radical (unpaired) electrons. The SMILES string of the molecule is C[C@@]1(c2cccc(Nc3ccc4ncnn4c3)c2Cl)CC(=O)N(C2CCOCC2)C(N)=N1. The van der Waals surface area contributed by atoms with Crippen molar-refractivity contribution in [2.45, 2.75) is 37.8 Å². The molecule has 1 fully saturated rings. The maximum atomic E-state index is 13.1. The number of carbonyl (C=O) groups is 1. The fraction of sp³-hybridized carbons (Fsp3) is 0.364. The van der Waals surface area contributed by atoms with Crippen molar-refractivity contribution in [1.82, 2.24) is 19.5 Å². The molecule has 0 bridgehead atoms. The lowest BCUT2D eigenvalue weighted by Crippen LogP contribution is -2.55. The summed E-state index contributed by atoms with van der Waals surface area (Å²) in [6.45, 7) is 3.14. The van der Waals surface area contributed by atoms with Crippen LogP contribution in [0.15, 0.2) is 47.8 Å². The van der Waals surface area contributed by atoms with Gasteiger partial charge in [0.2, 0.25) is 5.91 Å². The summed E-state index contributed by atoms with van der Waals surface area (Å²) in [6, 6.07) is 9.46. The largest absolute Gasteiger partial charge is 0.381 e. The van der Waals surface area contributed by atoms with Gasteiger partial charge in [-0.05, 0) is 38.0 Å². The van der Waals surface area contributed by atoms with Crippen molar-refractivity contribution >= 4 is 40.5 Å². The fourth-order valence-electron chi connectivity index (χ4n) is 4.43. The normalized spacial score (nSPS) is 22.2. The second-order valence-corrected chi connectivity index (χ2v) is 8.68. The molecule has 4 heterocycles. The second kappa shape index (κ2) is 8.07. The standard InChI is InChI=1S/C22H24ClN7O2/c1-22(11-19(31)30(21(24)28-22)15-7-9-32-10-8-15)16-3-2-4-17(20(16)23)27-14-5-6-18-25-13-26-29(18)12-14/h2-6,12-13,15,27H,7-11H2,1H3,(H2,24,28)/t22-/m0/s1. The van der Waals surface area contributed by atoms with E-state index < -0.39 is 5.54 Å². The van der Waals surface area contributed by atoms with E-state index in [0.29, 0.717) is 23.9 Å². The molecule has 2 aliphatic rings. The molecule has 0 saturated carbocycles. The minimum absolute atomic E-state index is 0.0275. The number of aliphatic imine (C=N–C) groups is 1. The van der Waals surface area contributed by atoms with Crippen LogP contribution >= 0.6 is 11.6 Å². The first-order valence-electron chi connectivity index (χ1n) is 10.6. The van der Waals surface area contributed by atoms with Crippen LogP contribution in [0.2, 0.25) is 5.02 Å². The van der Waals surface area contributed by atoms with E-state index in [1.807, 2.05) is 43.5 Å². The molecular formula is C22H24ClN7O2. The quantitative estimate of drug-likeness (QED) is 0.628. The Kier molecular flexibility index (Phi) is 5.22. The van der Waals surface area contributed by atoms with Crippen LogP contribution in [0.4, 0.5) is 11.4 Å². The van der Waals surface area contributed by atoms with Gasteiger partial charge in [-0.15, -0.1) is 0 Å². The number of benzene rings is 1. The number of nitrogens with zero attached hydrogens (tertiary/aromatic N) is 5. The van der Waals surface area contributed by atoms with Gasteiger partial charge in [0.25, 0.3) is 0 Å². The average molecular weight is 454 g/mol. The number of hydrogen-bond acceptors (Lipinski definition) is 7. The van der Waals surface area contributed by atoms with Crippen LogP contribution in [-0.4, -0.2) is 50.6 Å². The summed E-state index contributed by atoms with van der Waals surface area (Å²) >= 11 is 6.81. The van der Waals surface area contributed by atoms with Crippen LogP contribution in [0, 0.1) is 0 Å². The highest BCUT2D eigenvalue weighted by atomic mass is 35.5. The number of nitrogens with one attached hydrogen (secondary N) is 1. The molecule has 1 atom stereocenters. The fourth-order valence-corrected chi connectivity index (χ4v) is 4.81. The lowest BCUT2D eigenvalue weighted by Gasteiger charge is -2.40. The van der Waals surface area contributed by atoms with E-state index in [1.165, 1.54) is 6.33 Å².